The predicted octanol–water partition coefficient (Wildman–Crippen LogP) is 3.58. The second kappa shape index (κ2) is 6.70. The summed E-state index contributed by atoms with van der Waals surface area (Å²) < 4.78 is 28.0. The van der Waals surface area contributed by atoms with Crippen LogP contribution >= 0.6 is 0 Å². The highest BCUT2D eigenvalue weighted by atomic mass is 19.1. The molecule has 6 nitrogen and oxygen atoms in total. The van der Waals surface area contributed by atoms with E-state index in [1.807, 2.05) is 4.68 Å². The van der Waals surface area contributed by atoms with Crippen LogP contribution in [0.25, 0.3) is 11.0 Å². The Bertz CT molecular complexity index is 932. The van der Waals surface area contributed by atoms with Gasteiger partial charge in [0.05, 0.1) is 11.6 Å². The first-order valence-electron chi connectivity index (χ1n) is 8.42. The number of hydrogen-bond donors (Lipinski definition) is 1. The highest BCUT2D eigenvalue weighted by Crippen LogP contribution is 2.26. The topological polar surface area (TPSA) is 63.1 Å². The lowest BCUT2D eigenvalue weighted by Crippen LogP contribution is -2.41. The van der Waals surface area contributed by atoms with Crippen LogP contribution in [0.1, 0.15) is 18.9 Å². The summed E-state index contributed by atoms with van der Waals surface area (Å²) in [5.74, 6) is -0.680. The van der Waals surface area contributed by atoms with Crippen molar-refractivity contribution < 1.29 is 13.6 Å². The summed E-state index contributed by atoms with van der Waals surface area (Å²) in [7, 11) is 0. The van der Waals surface area contributed by atoms with Gasteiger partial charge in [-0.15, -0.1) is 5.10 Å². The zero-order valence-electron chi connectivity index (χ0n) is 13.9. The molecule has 8 heteroatoms. The second-order valence-electron chi connectivity index (χ2n) is 6.32. The maximum atomic E-state index is 13.3. The minimum absolute atomic E-state index is 0.111. The number of amides is 2. The number of nitrogens with zero attached hydrogens (tertiary/aromatic N) is 4. The number of rotatable bonds is 2. The Labute approximate surface area is 148 Å². The van der Waals surface area contributed by atoms with Gasteiger partial charge in [0.2, 0.25) is 0 Å². The quantitative estimate of drug-likeness (QED) is 0.762. The average molecular weight is 357 g/mol. The normalized spacial score (nSPS) is 15.4. The van der Waals surface area contributed by atoms with Gasteiger partial charge in [0.1, 0.15) is 17.2 Å². The smallest absolute Gasteiger partial charge is 0.321 e. The maximum absolute atomic E-state index is 13.3. The Hall–Kier alpha value is -3.03. The fourth-order valence-corrected chi connectivity index (χ4v) is 3.23. The number of piperidine rings is 1. The molecule has 0 saturated carbocycles. The number of benzene rings is 2. The predicted molar refractivity (Wildman–Crippen MR) is 92.7 cm³/mol. The standard InChI is InChI=1S/C18H17F2N5O/c19-12-1-4-14(5-2-12)21-18(26)24-9-7-15(8-10-24)25-17-6-3-13(20)11-16(17)22-23-25/h1-6,11,15H,7-10H2,(H,21,26). The first-order chi connectivity index (χ1) is 12.6. The van der Waals surface area contributed by atoms with E-state index in [2.05, 4.69) is 15.6 Å². The van der Waals surface area contributed by atoms with Gasteiger partial charge in [-0.1, -0.05) is 5.21 Å². The van der Waals surface area contributed by atoms with Gasteiger partial charge in [0, 0.05) is 24.8 Å². The monoisotopic (exact) mass is 357 g/mol. The number of carbonyl (C=O) groups is 1. The lowest BCUT2D eigenvalue weighted by Gasteiger charge is -2.32. The summed E-state index contributed by atoms with van der Waals surface area (Å²) in [6.45, 7) is 1.14. The van der Waals surface area contributed by atoms with Crippen molar-refractivity contribution >= 4 is 22.8 Å². The van der Waals surface area contributed by atoms with E-state index in [9.17, 15) is 13.6 Å². The lowest BCUT2D eigenvalue weighted by molar-refractivity contribution is 0.181. The molecule has 1 aliphatic heterocycles. The Morgan fingerprint density at radius 1 is 1.04 bits per heavy atom. The summed E-state index contributed by atoms with van der Waals surface area (Å²) in [4.78, 5) is 14.1. The molecule has 1 N–H and O–H groups in total. The number of halogens is 2. The number of hydrogen-bond acceptors (Lipinski definition) is 3. The van der Waals surface area contributed by atoms with E-state index >= 15 is 0 Å². The third-order valence-electron chi connectivity index (χ3n) is 4.63. The molecule has 0 bridgehead atoms. The number of fused-ring (bicyclic) bond motifs is 1. The molecule has 2 aromatic carbocycles. The fraction of sp³-hybridized carbons (Fsp3) is 0.278. The summed E-state index contributed by atoms with van der Waals surface area (Å²) in [6.07, 6.45) is 1.46. The van der Waals surface area contributed by atoms with Crippen LogP contribution in [0.15, 0.2) is 42.5 Å². The number of likely N-dealkylation sites (tertiary alicyclic amines) is 1. The van der Waals surface area contributed by atoms with Crippen molar-refractivity contribution in [3.8, 4) is 0 Å². The van der Waals surface area contributed by atoms with Crippen molar-refractivity contribution in [1.29, 1.82) is 0 Å². The number of anilines is 1. The lowest BCUT2D eigenvalue weighted by atomic mass is 10.1. The number of carbonyl (C=O) groups excluding carboxylic acids is 1. The average Bonchev–Trinajstić information content (AvgIpc) is 3.06. The first kappa shape index (κ1) is 16.4. The zero-order chi connectivity index (χ0) is 18.1. The van der Waals surface area contributed by atoms with Gasteiger partial charge in [-0.25, -0.2) is 18.3 Å². The number of urea groups is 1. The molecule has 134 valence electrons. The summed E-state index contributed by atoms with van der Waals surface area (Å²) in [6, 6.07) is 10.0. The van der Waals surface area contributed by atoms with Crippen LogP contribution in [-0.4, -0.2) is 39.0 Å². The number of aromatic nitrogens is 3. The van der Waals surface area contributed by atoms with Crippen LogP contribution in [0.2, 0.25) is 0 Å². The molecule has 4 rings (SSSR count). The van der Waals surface area contributed by atoms with Crippen molar-refractivity contribution in [2.75, 3.05) is 18.4 Å². The van der Waals surface area contributed by atoms with Gasteiger partial charge in [-0.2, -0.15) is 0 Å². The van der Waals surface area contributed by atoms with Crippen molar-refractivity contribution in [2.45, 2.75) is 18.9 Å². The van der Waals surface area contributed by atoms with Crippen LogP contribution in [0, 0.1) is 11.6 Å². The first-order valence-corrected chi connectivity index (χ1v) is 8.42. The van der Waals surface area contributed by atoms with E-state index in [4.69, 9.17) is 0 Å². The van der Waals surface area contributed by atoms with Crippen LogP contribution in [0.4, 0.5) is 19.3 Å². The van der Waals surface area contributed by atoms with Crippen molar-refractivity contribution in [3.05, 3.63) is 54.1 Å². The van der Waals surface area contributed by atoms with Gasteiger partial charge < -0.3 is 10.2 Å². The maximum Gasteiger partial charge on any atom is 0.321 e. The molecule has 1 aliphatic rings. The molecule has 2 amide bonds. The van der Waals surface area contributed by atoms with Crippen LogP contribution < -0.4 is 5.32 Å². The Balaban J connectivity index is 1.40. The molecule has 0 radical (unpaired) electrons. The van der Waals surface area contributed by atoms with Crippen LogP contribution in [0.3, 0.4) is 0 Å². The fourth-order valence-electron chi connectivity index (χ4n) is 3.23. The minimum atomic E-state index is -0.344. The molecular formula is C18H17F2N5O. The molecule has 26 heavy (non-hydrogen) atoms. The van der Waals surface area contributed by atoms with Gasteiger partial charge >= 0.3 is 6.03 Å². The molecule has 0 aliphatic carbocycles. The third kappa shape index (κ3) is 3.22. The molecule has 1 saturated heterocycles. The third-order valence-corrected chi connectivity index (χ3v) is 4.63. The molecule has 0 unspecified atom stereocenters. The van der Waals surface area contributed by atoms with E-state index in [-0.39, 0.29) is 23.7 Å². The second-order valence-corrected chi connectivity index (χ2v) is 6.32. The molecular weight excluding hydrogens is 340 g/mol. The molecule has 2 heterocycles. The molecule has 0 spiro atoms. The van der Waals surface area contributed by atoms with Gasteiger partial charge in [-0.05, 0) is 49.2 Å². The van der Waals surface area contributed by atoms with Crippen molar-refractivity contribution in [1.82, 2.24) is 19.9 Å². The minimum Gasteiger partial charge on any atom is -0.324 e. The summed E-state index contributed by atoms with van der Waals surface area (Å²) in [5, 5.41) is 10.9. The Morgan fingerprint density at radius 2 is 1.73 bits per heavy atom. The van der Waals surface area contributed by atoms with Gasteiger partial charge in [0.25, 0.3) is 0 Å². The van der Waals surface area contributed by atoms with E-state index in [1.165, 1.54) is 36.4 Å². The Kier molecular flexibility index (Phi) is 4.24. The van der Waals surface area contributed by atoms with E-state index in [0.29, 0.717) is 24.3 Å². The van der Waals surface area contributed by atoms with E-state index < -0.39 is 0 Å². The Morgan fingerprint density at radius 3 is 2.46 bits per heavy atom. The SMILES string of the molecule is O=C(Nc1ccc(F)cc1)N1CCC(n2nnc3cc(F)ccc32)CC1. The zero-order valence-corrected chi connectivity index (χ0v) is 13.9. The van der Waals surface area contributed by atoms with Gasteiger partial charge in [0.15, 0.2) is 0 Å². The largest absolute Gasteiger partial charge is 0.324 e. The summed E-state index contributed by atoms with van der Waals surface area (Å²) in [5.41, 5.74) is 1.88. The highest BCUT2D eigenvalue weighted by Gasteiger charge is 2.25. The van der Waals surface area contributed by atoms with Crippen LogP contribution in [-0.2, 0) is 0 Å². The van der Waals surface area contributed by atoms with E-state index in [1.54, 1.807) is 11.0 Å². The highest BCUT2D eigenvalue weighted by molar-refractivity contribution is 5.89. The summed E-state index contributed by atoms with van der Waals surface area (Å²) >= 11 is 0. The van der Waals surface area contributed by atoms with E-state index in [0.717, 1.165) is 18.4 Å². The molecule has 1 fully saturated rings. The molecule has 1 aromatic heterocycles. The van der Waals surface area contributed by atoms with Gasteiger partial charge in [-0.3, -0.25) is 0 Å². The molecule has 3 aromatic rings. The number of nitrogens with one attached hydrogen (secondary N) is 1. The molecule has 0 atom stereocenters. The van der Waals surface area contributed by atoms with Crippen molar-refractivity contribution in [2.24, 2.45) is 0 Å². The van der Waals surface area contributed by atoms with Crippen LogP contribution in [0.5, 0.6) is 0 Å². The van der Waals surface area contributed by atoms with Crippen molar-refractivity contribution in [3.63, 3.8) is 0 Å².